The summed E-state index contributed by atoms with van der Waals surface area (Å²) in [5.74, 6) is 0.0572. The van der Waals surface area contributed by atoms with E-state index in [-0.39, 0.29) is 12.1 Å². The number of carbonyl (C=O) groups is 1. The summed E-state index contributed by atoms with van der Waals surface area (Å²) in [7, 11) is 0. The van der Waals surface area contributed by atoms with Crippen LogP contribution >= 0.6 is 11.3 Å². The monoisotopic (exact) mass is 241 g/mol. The van der Waals surface area contributed by atoms with Crippen LogP contribution in [0.2, 0.25) is 0 Å². The van der Waals surface area contributed by atoms with Gasteiger partial charge in [-0.2, -0.15) is 0 Å². The van der Waals surface area contributed by atoms with Crippen LogP contribution in [0, 0.1) is 5.41 Å². The van der Waals surface area contributed by atoms with Crippen molar-refractivity contribution in [2.75, 3.05) is 13.2 Å². The third kappa shape index (κ3) is 2.31. The van der Waals surface area contributed by atoms with Gasteiger partial charge in [0, 0.05) is 11.6 Å². The molecule has 0 aliphatic carbocycles. The minimum Gasteiger partial charge on any atom is -0.345 e. The predicted molar refractivity (Wildman–Crippen MR) is 60.5 cm³/mol. The van der Waals surface area contributed by atoms with Crippen molar-refractivity contribution in [3.63, 3.8) is 0 Å². The Bertz CT molecular complexity index is 388. The number of Topliss-reactive ketones (excluding diaryl/α,β-unsaturated/α-hetero) is 1. The van der Waals surface area contributed by atoms with Gasteiger partial charge in [-0.3, -0.25) is 4.79 Å². The van der Waals surface area contributed by atoms with Crippen molar-refractivity contribution in [2.24, 2.45) is 5.41 Å². The van der Waals surface area contributed by atoms with Crippen LogP contribution in [0.15, 0.2) is 6.20 Å². The first-order valence-corrected chi connectivity index (χ1v) is 6.04. The van der Waals surface area contributed by atoms with E-state index in [0.717, 1.165) is 4.88 Å². The lowest BCUT2D eigenvalue weighted by atomic mass is 9.91. The number of ether oxygens (including phenoxy) is 2. The van der Waals surface area contributed by atoms with Gasteiger partial charge in [0.25, 0.3) is 0 Å². The standard InChI is InChI=1S/C11H15NO3S/c1-11(2,3)8(13)9-12-6-7(16-9)10-14-4-5-15-10/h6,10H,4-5H2,1-3H3. The second kappa shape index (κ2) is 4.24. The van der Waals surface area contributed by atoms with E-state index in [1.807, 2.05) is 20.8 Å². The highest BCUT2D eigenvalue weighted by Gasteiger charge is 2.28. The third-order valence-electron chi connectivity index (χ3n) is 2.25. The van der Waals surface area contributed by atoms with Crippen LogP contribution in [-0.4, -0.2) is 24.0 Å². The molecule has 1 aliphatic heterocycles. The lowest BCUT2D eigenvalue weighted by Gasteiger charge is -2.13. The van der Waals surface area contributed by atoms with E-state index in [1.165, 1.54) is 11.3 Å². The summed E-state index contributed by atoms with van der Waals surface area (Å²) >= 11 is 1.35. The fraction of sp³-hybridized carbons (Fsp3) is 0.636. The smallest absolute Gasteiger partial charge is 0.196 e. The molecule has 0 saturated carbocycles. The number of hydrogen-bond donors (Lipinski definition) is 0. The maximum atomic E-state index is 12.0. The molecule has 0 N–H and O–H groups in total. The summed E-state index contributed by atoms with van der Waals surface area (Å²) in [5.41, 5.74) is -0.396. The summed E-state index contributed by atoms with van der Waals surface area (Å²) in [5, 5.41) is 0.529. The first-order valence-electron chi connectivity index (χ1n) is 5.22. The van der Waals surface area contributed by atoms with Crippen molar-refractivity contribution >= 4 is 17.1 Å². The van der Waals surface area contributed by atoms with Gasteiger partial charge in [-0.25, -0.2) is 4.98 Å². The minimum atomic E-state index is -0.396. The molecule has 0 atom stereocenters. The highest BCUT2D eigenvalue weighted by molar-refractivity contribution is 7.13. The molecule has 1 aromatic rings. The van der Waals surface area contributed by atoms with Crippen LogP contribution < -0.4 is 0 Å². The van der Waals surface area contributed by atoms with Crippen molar-refractivity contribution in [2.45, 2.75) is 27.1 Å². The zero-order valence-electron chi connectivity index (χ0n) is 9.65. The molecule has 0 bridgehead atoms. The van der Waals surface area contributed by atoms with E-state index >= 15 is 0 Å². The Labute approximate surface area is 98.6 Å². The molecular formula is C11H15NO3S. The summed E-state index contributed by atoms with van der Waals surface area (Å²) in [6.07, 6.45) is 1.33. The largest absolute Gasteiger partial charge is 0.345 e. The van der Waals surface area contributed by atoms with Gasteiger partial charge >= 0.3 is 0 Å². The lowest BCUT2D eigenvalue weighted by molar-refractivity contribution is -0.0414. The van der Waals surface area contributed by atoms with Gasteiger partial charge in [0.2, 0.25) is 0 Å². The fourth-order valence-electron chi connectivity index (χ4n) is 1.34. The Morgan fingerprint density at radius 2 is 2.06 bits per heavy atom. The highest BCUT2D eigenvalue weighted by atomic mass is 32.1. The Balaban J connectivity index is 2.16. The Hall–Kier alpha value is -0.780. The SMILES string of the molecule is CC(C)(C)C(=O)c1ncc(C2OCCO2)s1. The zero-order valence-corrected chi connectivity index (χ0v) is 10.5. The van der Waals surface area contributed by atoms with Gasteiger partial charge in [0.1, 0.15) is 0 Å². The molecular weight excluding hydrogens is 226 g/mol. The maximum Gasteiger partial charge on any atom is 0.196 e. The second-order valence-corrected chi connectivity index (χ2v) is 5.78. The van der Waals surface area contributed by atoms with E-state index in [9.17, 15) is 4.79 Å². The summed E-state index contributed by atoms with van der Waals surface area (Å²) in [6.45, 7) is 6.87. The quantitative estimate of drug-likeness (QED) is 0.746. The van der Waals surface area contributed by atoms with Crippen molar-refractivity contribution in [3.05, 3.63) is 16.1 Å². The van der Waals surface area contributed by atoms with Gasteiger partial charge < -0.3 is 9.47 Å². The van der Waals surface area contributed by atoms with Crippen LogP contribution in [0.25, 0.3) is 0 Å². The molecule has 1 aromatic heterocycles. The molecule has 1 fully saturated rings. The number of hydrogen-bond acceptors (Lipinski definition) is 5. The maximum absolute atomic E-state index is 12.0. The number of ketones is 1. The van der Waals surface area contributed by atoms with Crippen LogP contribution in [0.3, 0.4) is 0 Å². The molecule has 0 amide bonds. The molecule has 0 unspecified atom stereocenters. The van der Waals surface area contributed by atoms with Crippen LogP contribution in [0.1, 0.15) is 41.7 Å². The van der Waals surface area contributed by atoms with Crippen molar-refractivity contribution in [1.29, 1.82) is 0 Å². The second-order valence-electron chi connectivity index (χ2n) is 4.72. The molecule has 2 heterocycles. The highest BCUT2D eigenvalue weighted by Crippen LogP contribution is 2.30. The van der Waals surface area contributed by atoms with E-state index in [0.29, 0.717) is 18.2 Å². The fourth-order valence-corrected chi connectivity index (χ4v) is 2.41. The number of aromatic nitrogens is 1. The third-order valence-corrected chi connectivity index (χ3v) is 3.27. The molecule has 16 heavy (non-hydrogen) atoms. The number of thiazole rings is 1. The van der Waals surface area contributed by atoms with Crippen molar-refractivity contribution < 1.29 is 14.3 Å². The normalized spacial score (nSPS) is 17.9. The average Bonchev–Trinajstić information content (AvgIpc) is 2.85. The first kappa shape index (κ1) is 11.7. The number of nitrogens with zero attached hydrogens (tertiary/aromatic N) is 1. The van der Waals surface area contributed by atoms with E-state index in [1.54, 1.807) is 6.20 Å². The van der Waals surface area contributed by atoms with E-state index in [2.05, 4.69) is 4.98 Å². The van der Waals surface area contributed by atoms with Gasteiger partial charge in [-0.05, 0) is 0 Å². The van der Waals surface area contributed by atoms with Crippen LogP contribution in [0.4, 0.5) is 0 Å². The lowest BCUT2D eigenvalue weighted by Crippen LogP contribution is -2.19. The molecule has 1 saturated heterocycles. The van der Waals surface area contributed by atoms with Gasteiger partial charge in [-0.15, -0.1) is 11.3 Å². The summed E-state index contributed by atoms with van der Waals surface area (Å²) in [6, 6.07) is 0. The topological polar surface area (TPSA) is 48.4 Å². The molecule has 4 nitrogen and oxygen atoms in total. The number of carbonyl (C=O) groups excluding carboxylic acids is 1. The Morgan fingerprint density at radius 3 is 2.62 bits per heavy atom. The zero-order chi connectivity index (χ0) is 11.8. The summed E-state index contributed by atoms with van der Waals surface area (Å²) in [4.78, 5) is 17.0. The minimum absolute atomic E-state index is 0.0572. The predicted octanol–water partition coefficient (Wildman–Crippen LogP) is 2.42. The van der Waals surface area contributed by atoms with Crippen LogP contribution in [-0.2, 0) is 9.47 Å². The molecule has 1 aliphatic rings. The Morgan fingerprint density at radius 1 is 1.44 bits per heavy atom. The average molecular weight is 241 g/mol. The summed E-state index contributed by atoms with van der Waals surface area (Å²) < 4.78 is 10.7. The first-order chi connectivity index (χ1) is 7.48. The van der Waals surface area contributed by atoms with Gasteiger partial charge in [-0.1, -0.05) is 20.8 Å². The van der Waals surface area contributed by atoms with E-state index in [4.69, 9.17) is 9.47 Å². The van der Waals surface area contributed by atoms with Crippen LogP contribution in [0.5, 0.6) is 0 Å². The molecule has 88 valence electrons. The Kier molecular flexibility index (Phi) is 3.10. The van der Waals surface area contributed by atoms with E-state index < -0.39 is 5.41 Å². The van der Waals surface area contributed by atoms with Gasteiger partial charge in [0.05, 0.1) is 18.1 Å². The van der Waals surface area contributed by atoms with Gasteiger partial charge in [0.15, 0.2) is 17.1 Å². The number of rotatable bonds is 2. The van der Waals surface area contributed by atoms with Crippen molar-refractivity contribution in [3.8, 4) is 0 Å². The molecule has 0 radical (unpaired) electrons. The molecule has 0 aromatic carbocycles. The van der Waals surface area contributed by atoms with Crippen molar-refractivity contribution in [1.82, 2.24) is 4.98 Å². The molecule has 0 spiro atoms. The molecule has 2 rings (SSSR count). The molecule has 5 heteroatoms.